The van der Waals surface area contributed by atoms with Gasteiger partial charge >= 0.3 is 6.03 Å². The van der Waals surface area contributed by atoms with Gasteiger partial charge in [-0.25, -0.2) is 10.2 Å². The van der Waals surface area contributed by atoms with Gasteiger partial charge in [-0.2, -0.15) is 5.10 Å². The highest BCUT2D eigenvalue weighted by molar-refractivity contribution is 6.33. The summed E-state index contributed by atoms with van der Waals surface area (Å²) in [7, 11) is 0. The first-order valence-corrected chi connectivity index (χ1v) is 11.7. The van der Waals surface area contributed by atoms with Gasteiger partial charge in [0, 0.05) is 24.5 Å². The summed E-state index contributed by atoms with van der Waals surface area (Å²) in [6, 6.07) is 14.1. The van der Waals surface area contributed by atoms with E-state index in [1.165, 1.54) is 0 Å². The van der Waals surface area contributed by atoms with Crippen molar-refractivity contribution in [3.8, 4) is 0 Å². The molecule has 0 radical (unpaired) electrons. The van der Waals surface area contributed by atoms with Gasteiger partial charge < -0.3 is 21.3 Å². The van der Waals surface area contributed by atoms with E-state index in [2.05, 4.69) is 31.8 Å². The second kappa shape index (κ2) is 10.2. The lowest BCUT2D eigenvalue weighted by Crippen LogP contribution is -2.31. The second-order valence-electron chi connectivity index (χ2n) is 8.28. The van der Waals surface area contributed by atoms with Gasteiger partial charge in [0.2, 0.25) is 0 Å². The third-order valence-corrected chi connectivity index (χ3v) is 6.10. The predicted octanol–water partition coefficient (Wildman–Crippen LogP) is 3.31. The van der Waals surface area contributed by atoms with E-state index in [9.17, 15) is 9.59 Å². The number of carbonyl (C=O) groups is 2. The Kier molecular flexibility index (Phi) is 6.66. The molecule has 180 valence electrons. The summed E-state index contributed by atoms with van der Waals surface area (Å²) >= 11 is 6.09. The topological polar surface area (TPSA) is 115 Å². The first-order valence-electron chi connectivity index (χ1n) is 11.3. The molecule has 5 N–H and O–H groups in total. The molecule has 3 aromatic rings. The fourth-order valence-corrected chi connectivity index (χ4v) is 4.17. The summed E-state index contributed by atoms with van der Waals surface area (Å²) in [5.41, 5.74) is 6.29. The minimum absolute atomic E-state index is 0.225. The highest BCUT2D eigenvalue weighted by Crippen LogP contribution is 2.22. The van der Waals surface area contributed by atoms with Crippen molar-refractivity contribution in [2.24, 2.45) is 0 Å². The van der Waals surface area contributed by atoms with Gasteiger partial charge in [0.15, 0.2) is 0 Å². The second-order valence-corrected chi connectivity index (χ2v) is 8.69. The van der Waals surface area contributed by atoms with Crippen LogP contribution in [0.5, 0.6) is 0 Å². The molecule has 1 unspecified atom stereocenters. The maximum atomic E-state index is 12.8. The summed E-state index contributed by atoms with van der Waals surface area (Å²) < 4.78 is 1.89. The average molecular weight is 493 g/mol. The number of hydrazine groups is 1. The molecule has 0 bridgehead atoms. The Morgan fingerprint density at radius 3 is 2.80 bits per heavy atom. The number of anilines is 3. The van der Waals surface area contributed by atoms with Crippen molar-refractivity contribution in [3.63, 3.8) is 0 Å². The number of hydrogen-bond donors (Lipinski definition) is 5. The molecule has 1 saturated heterocycles. The number of hydrogen-bond acceptors (Lipinski definition) is 6. The van der Waals surface area contributed by atoms with Gasteiger partial charge in [0.05, 0.1) is 46.6 Å². The summed E-state index contributed by atoms with van der Waals surface area (Å²) in [6.45, 7) is 2.27. The lowest BCUT2D eigenvalue weighted by molar-refractivity contribution is 0.102. The summed E-state index contributed by atoms with van der Waals surface area (Å²) in [4.78, 5) is 25.2. The molecule has 3 heterocycles. The van der Waals surface area contributed by atoms with Gasteiger partial charge in [-0.05, 0) is 43.3 Å². The largest absolute Gasteiger partial charge is 0.323 e. The number of urea groups is 1. The molecule has 11 heteroatoms. The van der Waals surface area contributed by atoms with E-state index in [1.807, 2.05) is 23.0 Å². The van der Waals surface area contributed by atoms with E-state index in [1.54, 1.807) is 53.8 Å². The normalized spacial score (nSPS) is 17.2. The Labute approximate surface area is 207 Å². The van der Waals surface area contributed by atoms with Crippen molar-refractivity contribution in [1.82, 2.24) is 25.8 Å². The number of benzene rings is 2. The lowest BCUT2D eigenvalue weighted by atomic mass is 10.2. The first kappa shape index (κ1) is 22.9. The van der Waals surface area contributed by atoms with Gasteiger partial charge in [-0.3, -0.25) is 14.5 Å². The van der Waals surface area contributed by atoms with Crippen molar-refractivity contribution < 1.29 is 9.59 Å². The highest BCUT2D eigenvalue weighted by atomic mass is 35.5. The molecular formula is C24H25ClN8O2. The fraction of sp³-hybridized carbons (Fsp3) is 0.208. The van der Waals surface area contributed by atoms with Crippen LogP contribution in [0.2, 0.25) is 5.02 Å². The molecule has 0 aliphatic carbocycles. The Hall–Kier alpha value is -3.86. The smallest absolute Gasteiger partial charge is 0.319 e. The highest BCUT2D eigenvalue weighted by Gasteiger charge is 2.19. The van der Waals surface area contributed by atoms with Crippen molar-refractivity contribution in [2.75, 3.05) is 35.3 Å². The maximum Gasteiger partial charge on any atom is 0.323 e. The zero-order valence-electron chi connectivity index (χ0n) is 18.8. The van der Waals surface area contributed by atoms with E-state index in [0.717, 1.165) is 25.2 Å². The maximum absolute atomic E-state index is 12.8. The number of para-hydroxylation sites is 1. The van der Waals surface area contributed by atoms with Crippen LogP contribution in [0.4, 0.5) is 21.9 Å². The molecule has 10 nitrogen and oxygen atoms in total. The Balaban J connectivity index is 1.20. The molecule has 1 atom stereocenters. The molecule has 0 spiro atoms. The molecule has 3 amide bonds. The number of aromatic nitrogens is 2. The number of rotatable bonds is 6. The molecule has 35 heavy (non-hydrogen) atoms. The molecule has 5 rings (SSSR count). The van der Waals surface area contributed by atoms with Crippen LogP contribution < -0.4 is 31.7 Å². The number of nitrogens with zero attached hydrogens (tertiary/aromatic N) is 3. The number of amides is 3. The molecule has 1 fully saturated rings. The predicted molar refractivity (Wildman–Crippen MR) is 135 cm³/mol. The summed E-state index contributed by atoms with van der Waals surface area (Å²) in [6.07, 6.45) is 6.31. The molecule has 2 aliphatic rings. The third kappa shape index (κ3) is 5.46. The minimum Gasteiger partial charge on any atom is -0.319 e. The molecule has 1 aromatic heterocycles. The van der Waals surface area contributed by atoms with Crippen LogP contribution in [0, 0.1) is 0 Å². The van der Waals surface area contributed by atoms with Gasteiger partial charge in [0.25, 0.3) is 5.91 Å². The minimum atomic E-state index is -0.393. The van der Waals surface area contributed by atoms with Crippen LogP contribution >= 0.6 is 11.6 Å². The Morgan fingerprint density at radius 1 is 1.09 bits per heavy atom. The lowest BCUT2D eigenvalue weighted by Gasteiger charge is -2.16. The van der Waals surface area contributed by atoms with Crippen LogP contribution in [0.25, 0.3) is 0 Å². The van der Waals surface area contributed by atoms with E-state index < -0.39 is 6.03 Å². The third-order valence-electron chi connectivity index (χ3n) is 5.78. The van der Waals surface area contributed by atoms with Gasteiger partial charge in [-0.1, -0.05) is 29.8 Å². The van der Waals surface area contributed by atoms with Crippen LogP contribution in [0.3, 0.4) is 0 Å². The quantitative estimate of drug-likeness (QED) is 0.360. The zero-order chi connectivity index (χ0) is 24.2. The van der Waals surface area contributed by atoms with Crippen LogP contribution in [0.15, 0.2) is 72.8 Å². The van der Waals surface area contributed by atoms with Crippen molar-refractivity contribution in [1.29, 1.82) is 0 Å². The number of halogens is 1. The molecule has 2 aromatic carbocycles. The standard InChI is InChI=1S/C24H25ClN8O2/c25-21-6-1-2-7-22(21)31-24(35)30-18-12-27-32(15-18)19-5-3-4-16(10-19)23(34)29-17-11-28-33(14-17)20-8-9-26-13-20/h1-7,10-11,14-15,20,26-27H,8-9,12-13H2,(H,29,34)(H2,30,31,35). The van der Waals surface area contributed by atoms with Crippen molar-refractivity contribution in [3.05, 3.63) is 83.4 Å². The number of carbonyl (C=O) groups excluding carboxylic acids is 2. The van der Waals surface area contributed by atoms with Crippen LogP contribution in [0.1, 0.15) is 22.8 Å². The zero-order valence-corrected chi connectivity index (χ0v) is 19.5. The van der Waals surface area contributed by atoms with E-state index in [-0.39, 0.29) is 5.91 Å². The van der Waals surface area contributed by atoms with E-state index >= 15 is 0 Å². The molecule has 0 saturated carbocycles. The van der Waals surface area contributed by atoms with E-state index in [4.69, 9.17) is 11.6 Å². The average Bonchev–Trinajstić information content (AvgIpc) is 3.63. The number of nitrogens with one attached hydrogen (secondary N) is 5. The monoisotopic (exact) mass is 492 g/mol. The molecule has 2 aliphatic heterocycles. The SMILES string of the molecule is O=C(NC1=CN(c2cccc(C(=O)Nc3cnn(C4CCNC4)c3)c2)NC1)Nc1ccccc1Cl. The fourth-order valence-electron chi connectivity index (χ4n) is 3.99. The first-order chi connectivity index (χ1) is 17.0. The van der Waals surface area contributed by atoms with Crippen molar-refractivity contribution >= 4 is 40.6 Å². The van der Waals surface area contributed by atoms with Crippen LogP contribution in [-0.4, -0.2) is 41.4 Å². The van der Waals surface area contributed by atoms with E-state index in [0.29, 0.717) is 40.2 Å². The summed E-state index contributed by atoms with van der Waals surface area (Å²) in [5, 5.41) is 18.3. The molecular weight excluding hydrogens is 468 g/mol. The van der Waals surface area contributed by atoms with Gasteiger partial charge in [-0.15, -0.1) is 0 Å². The Morgan fingerprint density at radius 2 is 1.97 bits per heavy atom. The summed E-state index contributed by atoms with van der Waals surface area (Å²) in [5.74, 6) is -0.225. The van der Waals surface area contributed by atoms with Crippen molar-refractivity contribution in [2.45, 2.75) is 12.5 Å². The van der Waals surface area contributed by atoms with Gasteiger partial charge in [0.1, 0.15) is 0 Å². The van der Waals surface area contributed by atoms with Crippen LogP contribution in [-0.2, 0) is 0 Å². The Bertz CT molecular complexity index is 1270.